The lowest BCUT2D eigenvalue weighted by Gasteiger charge is -2.33. The molecule has 9 aromatic rings. The van der Waals surface area contributed by atoms with Gasteiger partial charge in [-0.1, -0.05) is 172 Å². The fourth-order valence-electron chi connectivity index (χ4n) is 10.7. The number of rotatable bonds is 3. The summed E-state index contributed by atoms with van der Waals surface area (Å²) in [4.78, 5) is 2.54. The summed E-state index contributed by atoms with van der Waals surface area (Å²) in [5.41, 5.74) is 19.1. The minimum Gasteiger partial charge on any atom is -0.310 e. The molecule has 0 heterocycles. The minimum absolute atomic E-state index is 0.125. The summed E-state index contributed by atoms with van der Waals surface area (Å²) in [7, 11) is 0. The third kappa shape index (κ3) is 3.92. The Balaban J connectivity index is 1.17. The Morgan fingerprint density at radius 2 is 0.745 bits per heavy atom. The van der Waals surface area contributed by atoms with Gasteiger partial charge in [0, 0.05) is 22.2 Å². The maximum atomic E-state index is 2.54. The average Bonchev–Trinajstić information content (AvgIpc) is 3.79. The molecule has 12 rings (SSSR count). The molecule has 0 saturated heterocycles. The fourth-order valence-corrected chi connectivity index (χ4v) is 10.7. The zero-order valence-electron chi connectivity index (χ0n) is 30.8. The highest BCUT2D eigenvalue weighted by Crippen LogP contribution is 2.63. The van der Waals surface area contributed by atoms with Gasteiger partial charge in [0.15, 0.2) is 0 Å². The van der Waals surface area contributed by atoms with Crippen LogP contribution in [0.2, 0.25) is 0 Å². The van der Waals surface area contributed by atoms with E-state index in [9.17, 15) is 0 Å². The van der Waals surface area contributed by atoms with Gasteiger partial charge >= 0.3 is 0 Å². The van der Waals surface area contributed by atoms with Gasteiger partial charge in [-0.2, -0.15) is 0 Å². The van der Waals surface area contributed by atoms with Crippen molar-refractivity contribution in [3.63, 3.8) is 0 Å². The second-order valence-electron chi connectivity index (χ2n) is 16.0. The molecule has 55 heavy (non-hydrogen) atoms. The molecule has 9 aromatic carbocycles. The van der Waals surface area contributed by atoms with Gasteiger partial charge in [-0.25, -0.2) is 0 Å². The first-order valence-electron chi connectivity index (χ1n) is 19.4. The molecule has 0 fully saturated rings. The van der Waals surface area contributed by atoms with E-state index < -0.39 is 5.41 Å². The van der Waals surface area contributed by atoms with Crippen molar-refractivity contribution in [3.05, 3.63) is 221 Å². The standard InChI is InChI=1S/C54H37N/c1-53(2)46-23-11-7-18-39(46)43-29-27-35(32-50(43)53)55(52-31-34-15-3-4-16-37(34)38-17-5-6-22-45(38)52)36-28-30-44-42-21-10-14-26-49(42)54(51(44)33-36)47-24-12-8-19-40(47)41-20-9-13-25-48(41)54/h3-33H,1-2H3. The summed E-state index contributed by atoms with van der Waals surface area (Å²) < 4.78 is 0. The van der Waals surface area contributed by atoms with Gasteiger partial charge in [0.25, 0.3) is 0 Å². The Labute approximate surface area is 321 Å². The molecule has 1 nitrogen and oxygen atoms in total. The van der Waals surface area contributed by atoms with Crippen LogP contribution in [0.15, 0.2) is 188 Å². The second kappa shape index (κ2) is 10.9. The van der Waals surface area contributed by atoms with E-state index in [2.05, 4.69) is 207 Å². The van der Waals surface area contributed by atoms with E-state index in [4.69, 9.17) is 0 Å². The molecule has 258 valence electrons. The minimum atomic E-state index is -0.423. The quantitative estimate of drug-likeness (QED) is 0.166. The summed E-state index contributed by atoms with van der Waals surface area (Å²) in [6.07, 6.45) is 0. The van der Waals surface area contributed by atoms with Gasteiger partial charge in [0.05, 0.1) is 11.1 Å². The molecule has 0 radical (unpaired) electrons. The Hall–Kier alpha value is -6.70. The molecule has 0 aromatic heterocycles. The van der Waals surface area contributed by atoms with Crippen molar-refractivity contribution in [3.8, 4) is 33.4 Å². The zero-order chi connectivity index (χ0) is 36.5. The van der Waals surface area contributed by atoms with E-state index in [0.29, 0.717) is 0 Å². The summed E-state index contributed by atoms with van der Waals surface area (Å²) >= 11 is 0. The summed E-state index contributed by atoms with van der Waals surface area (Å²) in [6, 6.07) is 70.8. The Morgan fingerprint density at radius 1 is 0.327 bits per heavy atom. The predicted molar refractivity (Wildman–Crippen MR) is 230 cm³/mol. The van der Waals surface area contributed by atoms with E-state index in [-0.39, 0.29) is 5.41 Å². The van der Waals surface area contributed by atoms with Gasteiger partial charge < -0.3 is 4.90 Å². The zero-order valence-corrected chi connectivity index (χ0v) is 30.8. The molecule has 1 heteroatoms. The van der Waals surface area contributed by atoms with Gasteiger partial charge in [-0.15, -0.1) is 0 Å². The van der Waals surface area contributed by atoms with Crippen LogP contribution >= 0.6 is 0 Å². The Morgan fingerprint density at radius 3 is 1.35 bits per heavy atom. The molecule has 0 saturated carbocycles. The van der Waals surface area contributed by atoms with Crippen molar-refractivity contribution in [2.24, 2.45) is 0 Å². The molecule has 0 unspecified atom stereocenters. The van der Waals surface area contributed by atoms with Crippen LogP contribution in [0.1, 0.15) is 47.2 Å². The fraction of sp³-hybridized carbons (Fsp3) is 0.0741. The normalized spacial score (nSPS) is 14.7. The summed E-state index contributed by atoms with van der Waals surface area (Å²) in [5, 5.41) is 5.01. The van der Waals surface area contributed by atoms with Crippen LogP contribution in [0, 0.1) is 0 Å². The first-order valence-corrected chi connectivity index (χ1v) is 19.4. The van der Waals surface area contributed by atoms with Crippen molar-refractivity contribution in [2.45, 2.75) is 24.7 Å². The van der Waals surface area contributed by atoms with Gasteiger partial charge in [-0.05, 0) is 113 Å². The lowest BCUT2D eigenvalue weighted by Crippen LogP contribution is -2.26. The Kier molecular flexibility index (Phi) is 6.11. The molecule has 0 bridgehead atoms. The molecule has 3 aliphatic carbocycles. The lowest BCUT2D eigenvalue weighted by atomic mass is 9.70. The molecule has 0 aliphatic heterocycles. The van der Waals surface area contributed by atoms with Crippen LogP contribution < -0.4 is 4.90 Å². The van der Waals surface area contributed by atoms with E-state index in [0.717, 1.165) is 11.4 Å². The molecular weight excluding hydrogens is 663 g/mol. The molecule has 0 atom stereocenters. The third-order valence-electron chi connectivity index (χ3n) is 13.1. The topological polar surface area (TPSA) is 3.24 Å². The van der Waals surface area contributed by atoms with Crippen molar-refractivity contribution >= 4 is 38.6 Å². The molecule has 0 N–H and O–H groups in total. The Bertz CT molecular complexity index is 3030. The lowest BCUT2D eigenvalue weighted by molar-refractivity contribution is 0.660. The SMILES string of the molecule is CC1(C)c2ccccc2-c2ccc(N(c3ccc4c(c3)C3(c5ccccc5-c5ccccc53)c3ccccc3-4)c3cc4ccccc4c4ccccc34)cc21. The number of fused-ring (bicyclic) bond motifs is 16. The van der Waals surface area contributed by atoms with Crippen molar-refractivity contribution in [2.75, 3.05) is 4.90 Å². The first-order chi connectivity index (χ1) is 27.0. The van der Waals surface area contributed by atoms with E-state index in [1.807, 2.05) is 0 Å². The second-order valence-corrected chi connectivity index (χ2v) is 16.0. The van der Waals surface area contributed by atoms with Crippen LogP contribution in [0.4, 0.5) is 17.1 Å². The van der Waals surface area contributed by atoms with Crippen molar-refractivity contribution in [1.29, 1.82) is 0 Å². The van der Waals surface area contributed by atoms with Gasteiger partial charge in [0.1, 0.15) is 0 Å². The third-order valence-corrected chi connectivity index (χ3v) is 13.1. The summed E-state index contributed by atoms with van der Waals surface area (Å²) in [5.74, 6) is 0. The first kappa shape index (κ1) is 30.7. The number of hydrogen-bond acceptors (Lipinski definition) is 1. The number of hydrogen-bond donors (Lipinski definition) is 0. The van der Waals surface area contributed by atoms with E-state index >= 15 is 0 Å². The number of benzene rings is 9. The van der Waals surface area contributed by atoms with Crippen molar-refractivity contribution < 1.29 is 0 Å². The van der Waals surface area contributed by atoms with Crippen LogP contribution in [0.5, 0.6) is 0 Å². The number of anilines is 3. The van der Waals surface area contributed by atoms with E-state index in [1.165, 1.54) is 94.0 Å². The largest absolute Gasteiger partial charge is 0.310 e. The van der Waals surface area contributed by atoms with Crippen LogP contribution in [-0.2, 0) is 10.8 Å². The predicted octanol–water partition coefficient (Wildman–Crippen LogP) is 14.1. The molecule has 1 spiro atoms. The monoisotopic (exact) mass is 699 g/mol. The average molecular weight is 700 g/mol. The number of nitrogens with zero attached hydrogens (tertiary/aromatic N) is 1. The van der Waals surface area contributed by atoms with Crippen LogP contribution in [0.3, 0.4) is 0 Å². The smallest absolute Gasteiger partial charge is 0.0726 e. The maximum Gasteiger partial charge on any atom is 0.0726 e. The summed E-state index contributed by atoms with van der Waals surface area (Å²) in [6.45, 7) is 4.76. The highest BCUT2D eigenvalue weighted by atomic mass is 15.1. The van der Waals surface area contributed by atoms with E-state index in [1.54, 1.807) is 0 Å². The molecular formula is C54H37N. The molecule has 0 amide bonds. The van der Waals surface area contributed by atoms with Crippen LogP contribution in [0.25, 0.3) is 54.9 Å². The van der Waals surface area contributed by atoms with Gasteiger partial charge in [0.2, 0.25) is 0 Å². The van der Waals surface area contributed by atoms with Gasteiger partial charge in [-0.3, -0.25) is 0 Å². The maximum absolute atomic E-state index is 2.54. The van der Waals surface area contributed by atoms with Crippen molar-refractivity contribution in [1.82, 2.24) is 0 Å². The highest BCUT2D eigenvalue weighted by molar-refractivity contribution is 6.14. The van der Waals surface area contributed by atoms with Crippen LogP contribution in [-0.4, -0.2) is 0 Å². The highest BCUT2D eigenvalue weighted by Gasteiger charge is 2.51. The molecule has 3 aliphatic rings.